The summed E-state index contributed by atoms with van der Waals surface area (Å²) in [6, 6.07) is 4.73. The number of rotatable bonds is 4. The molecule has 1 aromatic carbocycles. The molecule has 0 fully saturated rings. The number of hydrogen-bond donors (Lipinski definition) is 2. The predicted molar refractivity (Wildman–Crippen MR) is 62.7 cm³/mol. The van der Waals surface area contributed by atoms with E-state index in [0.29, 0.717) is 16.6 Å². The monoisotopic (exact) mass is 255 g/mol. The largest absolute Gasteiger partial charge is 0.493 e. The molecule has 0 atom stereocenters. The Morgan fingerprint density at radius 1 is 1.28 bits per heavy atom. The standard InChI is InChI=1S/C11H11F2N3O2/c1-17-8-3-2-7-6(9(8)18-11(12)13)4-5-15-10(7)16-14/h2-5,11H,14H2,1H3,(H,15,16). The fraction of sp³-hybridized carbons (Fsp3) is 0.182. The van der Waals surface area contributed by atoms with E-state index in [0.717, 1.165) is 0 Å². The Labute approximate surface area is 101 Å². The van der Waals surface area contributed by atoms with E-state index in [4.69, 9.17) is 10.6 Å². The Morgan fingerprint density at radius 2 is 2.06 bits per heavy atom. The molecule has 0 aliphatic carbocycles. The fourth-order valence-electron chi connectivity index (χ4n) is 1.69. The number of pyridine rings is 1. The molecule has 96 valence electrons. The molecule has 0 amide bonds. The quantitative estimate of drug-likeness (QED) is 0.647. The van der Waals surface area contributed by atoms with Crippen molar-refractivity contribution in [2.75, 3.05) is 12.5 Å². The normalized spacial score (nSPS) is 10.7. The SMILES string of the molecule is COc1ccc2c(NN)nccc2c1OC(F)F. The molecule has 2 rings (SSSR count). The van der Waals surface area contributed by atoms with E-state index in [1.165, 1.54) is 19.4 Å². The van der Waals surface area contributed by atoms with Crippen LogP contribution in [0.3, 0.4) is 0 Å². The summed E-state index contributed by atoms with van der Waals surface area (Å²) in [4.78, 5) is 3.98. The molecule has 18 heavy (non-hydrogen) atoms. The third-order valence-electron chi connectivity index (χ3n) is 2.42. The van der Waals surface area contributed by atoms with Gasteiger partial charge >= 0.3 is 6.61 Å². The number of nitrogens with zero attached hydrogens (tertiary/aromatic N) is 1. The molecular weight excluding hydrogens is 244 g/mol. The molecule has 5 nitrogen and oxygen atoms in total. The van der Waals surface area contributed by atoms with Crippen LogP contribution in [0.15, 0.2) is 24.4 Å². The molecule has 2 aromatic rings. The zero-order chi connectivity index (χ0) is 13.1. The van der Waals surface area contributed by atoms with E-state index < -0.39 is 6.61 Å². The topological polar surface area (TPSA) is 69.4 Å². The number of nitrogens with one attached hydrogen (secondary N) is 1. The summed E-state index contributed by atoms with van der Waals surface area (Å²) in [7, 11) is 1.38. The lowest BCUT2D eigenvalue weighted by atomic mass is 10.1. The number of alkyl halides is 2. The van der Waals surface area contributed by atoms with E-state index in [-0.39, 0.29) is 11.5 Å². The van der Waals surface area contributed by atoms with Crippen molar-refractivity contribution in [1.82, 2.24) is 4.98 Å². The van der Waals surface area contributed by atoms with Gasteiger partial charge in [-0.15, -0.1) is 0 Å². The van der Waals surface area contributed by atoms with Gasteiger partial charge in [0.15, 0.2) is 11.5 Å². The number of nitrogens with two attached hydrogens (primary N) is 1. The Kier molecular flexibility index (Phi) is 3.42. The molecule has 1 heterocycles. The highest BCUT2D eigenvalue weighted by Crippen LogP contribution is 2.38. The number of ether oxygens (including phenoxy) is 2. The van der Waals surface area contributed by atoms with Gasteiger partial charge in [0.2, 0.25) is 0 Å². The van der Waals surface area contributed by atoms with E-state index in [2.05, 4.69) is 15.1 Å². The highest BCUT2D eigenvalue weighted by molar-refractivity contribution is 5.97. The summed E-state index contributed by atoms with van der Waals surface area (Å²) in [5.41, 5.74) is 2.39. The first kappa shape index (κ1) is 12.3. The van der Waals surface area contributed by atoms with Crippen LogP contribution in [0.1, 0.15) is 0 Å². The van der Waals surface area contributed by atoms with Gasteiger partial charge in [0, 0.05) is 17.0 Å². The van der Waals surface area contributed by atoms with Gasteiger partial charge in [-0.1, -0.05) is 0 Å². The van der Waals surface area contributed by atoms with Crippen LogP contribution in [0.25, 0.3) is 10.8 Å². The summed E-state index contributed by atoms with van der Waals surface area (Å²) in [6.07, 6.45) is 1.44. The van der Waals surface area contributed by atoms with Crippen molar-refractivity contribution in [2.24, 2.45) is 5.84 Å². The molecule has 3 N–H and O–H groups in total. The number of benzene rings is 1. The molecule has 0 saturated carbocycles. The van der Waals surface area contributed by atoms with Gasteiger partial charge in [0.25, 0.3) is 0 Å². The van der Waals surface area contributed by atoms with Crippen LogP contribution >= 0.6 is 0 Å². The number of nitrogen functional groups attached to an aromatic ring is 1. The van der Waals surface area contributed by atoms with Crippen LogP contribution in [-0.4, -0.2) is 18.7 Å². The Hall–Kier alpha value is -2.15. The fourth-order valence-corrected chi connectivity index (χ4v) is 1.69. The smallest absolute Gasteiger partial charge is 0.387 e. The van der Waals surface area contributed by atoms with Crippen molar-refractivity contribution in [3.8, 4) is 11.5 Å². The molecule has 0 aliphatic rings. The molecule has 0 unspecified atom stereocenters. The maximum absolute atomic E-state index is 12.4. The number of anilines is 1. The maximum atomic E-state index is 12.4. The van der Waals surface area contributed by atoms with E-state index in [9.17, 15) is 8.78 Å². The van der Waals surface area contributed by atoms with Gasteiger partial charge in [0.1, 0.15) is 5.82 Å². The second-order valence-electron chi connectivity index (χ2n) is 3.37. The summed E-state index contributed by atoms with van der Waals surface area (Å²) in [5.74, 6) is 5.86. The second kappa shape index (κ2) is 5.01. The minimum atomic E-state index is -2.94. The Morgan fingerprint density at radius 3 is 2.67 bits per heavy atom. The van der Waals surface area contributed by atoms with Crippen LogP contribution < -0.4 is 20.7 Å². The van der Waals surface area contributed by atoms with Gasteiger partial charge in [-0.25, -0.2) is 10.8 Å². The van der Waals surface area contributed by atoms with Crippen molar-refractivity contribution in [3.63, 3.8) is 0 Å². The summed E-state index contributed by atoms with van der Waals surface area (Å²) >= 11 is 0. The summed E-state index contributed by atoms with van der Waals surface area (Å²) < 4.78 is 34.3. The lowest BCUT2D eigenvalue weighted by molar-refractivity contribution is -0.0501. The molecule has 1 aromatic heterocycles. The van der Waals surface area contributed by atoms with Crippen LogP contribution in [0, 0.1) is 0 Å². The Balaban J connectivity index is 2.69. The highest BCUT2D eigenvalue weighted by atomic mass is 19.3. The van der Waals surface area contributed by atoms with Crippen molar-refractivity contribution in [2.45, 2.75) is 6.61 Å². The first-order chi connectivity index (χ1) is 8.67. The number of halogens is 2. The molecule has 0 aliphatic heterocycles. The number of hydrogen-bond acceptors (Lipinski definition) is 5. The minimum absolute atomic E-state index is 0.0381. The average Bonchev–Trinajstić information content (AvgIpc) is 2.37. The lowest BCUT2D eigenvalue weighted by Crippen LogP contribution is -2.09. The first-order valence-corrected chi connectivity index (χ1v) is 5.04. The minimum Gasteiger partial charge on any atom is -0.493 e. The van der Waals surface area contributed by atoms with E-state index >= 15 is 0 Å². The zero-order valence-electron chi connectivity index (χ0n) is 9.48. The highest BCUT2D eigenvalue weighted by Gasteiger charge is 2.16. The third kappa shape index (κ3) is 2.12. The van der Waals surface area contributed by atoms with Gasteiger partial charge in [-0.3, -0.25) is 0 Å². The average molecular weight is 255 g/mol. The van der Waals surface area contributed by atoms with Crippen molar-refractivity contribution in [1.29, 1.82) is 0 Å². The van der Waals surface area contributed by atoms with Crippen LogP contribution in [0.2, 0.25) is 0 Å². The summed E-state index contributed by atoms with van der Waals surface area (Å²) in [5, 5.41) is 1.01. The number of methoxy groups -OCH3 is 1. The molecule has 7 heteroatoms. The lowest BCUT2D eigenvalue weighted by Gasteiger charge is -2.13. The van der Waals surface area contributed by atoms with Crippen molar-refractivity contribution in [3.05, 3.63) is 24.4 Å². The van der Waals surface area contributed by atoms with Gasteiger partial charge in [-0.2, -0.15) is 8.78 Å². The third-order valence-corrected chi connectivity index (χ3v) is 2.42. The van der Waals surface area contributed by atoms with Gasteiger partial charge in [-0.05, 0) is 18.2 Å². The van der Waals surface area contributed by atoms with E-state index in [1.807, 2.05) is 0 Å². The number of aromatic nitrogens is 1. The van der Waals surface area contributed by atoms with Gasteiger partial charge in [0.05, 0.1) is 7.11 Å². The number of fused-ring (bicyclic) bond motifs is 1. The van der Waals surface area contributed by atoms with Crippen molar-refractivity contribution < 1.29 is 18.3 Å². The summed E-state index contributed by atoms with van der Waals surface area (Å²) in [6.45, 7) is -2.94. The zero-order valence-corrected chi connectivity index (χ0v) is 9.48. The molecule has 0 radical (unpaired) electrons. The van der Waals surface area contributed by atoms with Crippen LogP contribution in [0.4, 0.5) is 14.6 Å². The van der Waals surface area contributed by atoms with Crippen molar-refractivity contribution >= 4 is 16.6 Å². The predicted octanol–water partition coefficient (Wildman–Crippen LogP) is 2.13. The first-order valence-electron chi connectivity index (χ1n) is 5.04. The van der Waals surface area contributed by atoms with Crippen LogP contribution in [-0.2, 0) is 0 Å². The maximum Gasteiger partial charge on any atom is 0.387 e. The van der Waals surface area contributed by atoms with Crippen LogP contribution in [0.5, 0.6) is 11.5 Å². The molecular formula is C11H11F2N3O2. The molecule has 0 saturated heterocycles. The molecule has 0 spiro atoms. The Bertz CT molecular complexity index is 563. The second-order valence-corrected chi connectivity index (χ2v) is 3.37. The van der Waals surface area contributed by atoms with E-state index in [1.54, 1.807) is 12.1 Å². The number of hydrazine groups is 1. The van der Waals surface area contributed by atoms with Gasteiger partial charge < -0.3 is 14.9 Å². The molecule has 0 bridgehead atoms.